The highest BCUT2D eigenvalue weighted by atomic mass is 16.2. The predicted octanol–water partition coefficient (Wildman–Crippen LogP) is 2.25. The lowest BCUT2D eigenvalue weighted by atomic mass is 9.94. The first-order chi connectivity index (χ1) is 8.83. The molecule has 3 nitrogen and oxygen atoms in total. The normalized spacial score (nSPS) is 29.5. The van der Waals surface area contributed by atoms with Gasteiger partial charge in [0.05, 0.1) is 0 Å². The van der Waals surface area contributed by atoms with Gasteiger partial charge in [-0.1, -0.05) is 18.2 Å². The van der Waals surface area contributed by atoms with Crippen molar-refractivity contribution in [2.75, 3.05) is 13.1 Å². The molecule has 2 heterocycles. The van der Waals surface area contributed by atoms with Crippen molar-refractivity contribution < 1.29 is 4.79 Å². The quantitative estimate of drug-likeness (QED) is 0.614. The SMILES string of the molecule is CC=CC=CC(=O)N1CCCCC1C1CCCN1. The summed E-state index contributed by atoms with van der Waals surface area (Å²) in [6.07, 6.45) is 13.4. The Kier molecular flexibility index (Phi) is 5.00. The molecular weight excluding hydrogens is 224 g/mol. The number of rotatable bonds is 3. The number of nitrogens with zero attached hydrogens (tertiary/aromatic N) is 1. The highest BCUT2D eigenvalue weighted by molar-refractivity contribution is 5.88. The van der Waals surface area contributed by atoms with Crippen LogP contribution in [0.15, 0.2) is 24.3 Å². The van der Waals surface area contributed by atoms with Gasteiger partial charge in [-0.3, -0.25) is 4.79 Å². The minimum Gasteiger partial charge on any atom is -0.335 e. The van der Waals surface area contributed by atoms with Crippen molar-refractivity contribution in [3.8, 4) is 0 Å². The van der Waals surface area contributed by atoms with Crippen molar-refractivity contribution in [1.29, 1.82) is 0 Å². The largest absolute Gasteiger partial charge is 0.335 e. The molecule has 100 valence electrons. The molecule has 2 atom stereocenters. The Morgan fingerprint density at radius 3 is 2.83 bits per heavy atom. The van der Waals surface area contributed by atoms with Gasteiger partial charge in [0.1, 0.15) is 0 Å². The van der Waals surface area contributed by atoms with Crippen molar-refractivity contribution in [3.05, 3.63) is 24.3 Å². The molecule has 0 radical (unpaired) electrons. The van der Waals surface area contributed by atoms with Crippen LogP contribution in [0.4, 0.5) is 0 Å². The van der Waals surface area contributed by atoms with E-state index in [0.717, 1.165) is 25.9 Å². The number of allylic oxidation sites excluding steroid dienone is 3. The molecule has 0 saturated carbocycles. The Morgan fingerprint density at radius 1 is 1.22 bits per heavy atom. The van der Waals surface area contributed by atoms with Crippen LogP contribution in [-0.2, 0) is 4.79 Å². The van der Waals surface area contributed by atoms with Crippen molar-refractivity contribution in [1.82, 2.24) is 10.2 Å². The van der Waals surface area contributed by atoms with Crippen LogP contribution < -0.4 is 5.32 Å². The van der Waals surface area contributed by atoms with E-state index < -0.39 is 0 Å². The standard InChI is InChI=1S/C15H24N2O/c1-2-3-4-10-15(18)17-12-6-5-9-14(17)13-8-7-11-16-13/h2-4,10,13-14,16H,5-9,11-12H2,1H3. The summed E-state index contributed by atoms with van der Waals surface area (Å²) in [6.45, 7) is 3.99. The first-order valence-electron chi connectivity index (χ1n) is 7.16. The van der Waals surface area contributed by atoms with Gasteiger partial charge in [-0.05, 0) is 45.6 Å². The minimum absolute atomic E-state index is 0.173. The molecule has 1 amide bonds. The van der Waals surface area contributed by atoms with Crippen molar-refractivity contribution in [2.45, 2.75) is 51.1 Å². The predicted molar refractivity (Wildman–Crippen MR) is 74.3 cm³/mol. The van der Waals surface area contributed by atoms with E-state index in [-0.39, 0.29) is 5.91 Å². The van der Waals surface area contributed by atoms with Gasteiger partial charge in [0, 0.05) is 24.7 Å². The summed E-state index contributed by atoms with van der Waals surface area (Å²) in [4.78, 5) is 14.3. The Bertz CT molecular complexity index is 329. The average molecular weight is 248 g/mol. The summed E-state index contributed by atoms with van der Waals surface area (Å²) < 4.78 is 0. The topological polar surface area (TPSA) is 32.3 Å². The fourth-order valence-electron chi connectivity index (χ4n) is 3.03. The van der Waals surface area contributed by atoms with Gasteiger partial charge in [-0.2, -0.15) is 0 Å². The maximum atomic E-state index is 12.2. The number of likely N-dealkylation sites (tertiary alicyclic amines) is 1. The summed E-state index contributed by atoms with van der Waals surface area (Å²) in [5.74, 6) is 0.173. The van der Waals surface area contributed by atoms with E-state index in [0.29, 0.717) is 12.1 Å². The van der Waals surface area contributed by atoms with E-state index in [9.17, 15) is 4.79 Å². The van der Waals surface area contributed by atoms with Crippen LogP contribution in [0.1, 0.15) is 39.0 Å². The van der Waals surface area contributed by atoms with Crippen LogP contribution in [0.3, 0.4) is 0 Å². The second-order valence-corrected chi connectivity index (χ2v) is 5.18. The van der Waals surface area contributed by atoms with E-state index in [4.69, 9.17) is 0 Å². The van der Waals surface area contributed by atoms with Crippen molar-refractivity contribution in [3.63, 3.8) is 0 Å². The third-order valence-corrected chi connectivity index (χ3v) is 3.94. The van der Waals surface area contributed by atoms with E-state index in [1.807, 2.05) is 25.2 Å². The lowest BCUT2D eigenvalue weighted by Crippen LogP contribution is -2.52. The molecule has 3 heteroatoms. The second kappa shape index (κ2) is 6.74. The smallest absolute Gasteiger partial charge is 0.246 e. The van der Waals surface area contributed by atoms with Crippen molar-refractivity contribution in [2.24, 2.45) is 0 Å². The molecule has 2 aliphatic rings. The molecule has 0 bridgehead atoms. The number of piperidine rings is 1. The monoisotopic (exact) mass is 248 g/mol. The van der Waals surface area contributed by atoms with Gasteiger partial charge in [-0.25, -0.2) is 0 Å². The highest BCUT2D eigenvalue weighted by Crippen LogP contribution is 2.24. The van der Waals surface area contributed by atoms with E-state index in [1.165, 1.54) is 19.3 Å². The van der Waals surface area contributed by atoms with Crippen LogP contribution in [0.5, 0.6) is 0 Å². The number of hydrogen-bond donors (Lipinski definition) is 1. The van der Waals surface area contributed by atoms with E-state index in [2.05, 4.69) is 10.2 Å². The van der Waals surface area contributed by atoms with Crippen LogP contribution in [0, 0.1) is 0 Å². The number of carbonyl (C=O) groups excluding carboxylic acids is 1. The fourth-order valence-corrected chi connectivity index (χ4v) is 3.03. The molecule has 0 aromatic heterocycles. The molecule has 0 aliphatic carbocycles. The molecule has 18 heavy (non-hydrogen) atoms. The molecular formula is C15H24N2O. The maximum Gasteiger partial charge on any atom is 0.246 e. The Morgan fingerprint density at radius 2 is 2.11 bits per heavy atom. The molecule has 2 rings (SSSR count). The summed E-state index contributed by atoms with van der Waals surface area (Å²) in [5, 5.41) is 3.55. The molecule has 0 aromatic carbocycles. The number of nitrogens with one attached hydrogen (secondary N) is 1. The summed E-state index contributed by atoms with van der Waals surface area (Å²) in [5.41, 5.74) is 0. The fraction of sp³-hybridized carbons (Fsp3) is 0.667. The molecule has 2 fully saturated rings. The first kappa shape index (κ1) is 13.3. The lowest BCUT2D eigenvalue weighted by Gasteiger charge is -2.38. The number of carbonyl (C=O) groups is 1. The second-order valence-electron chi connectivity index (χ2n) is 5.18. The van der Waals surface area contributed by atoms with E-state index in [1.54, 1.807) is 6.08 Å². The Hall–Kier alpha value is -1.09. The lowest BCUT2D eigenvalue weighted by molar-refractivity contribution is -0.130. The minimum atomic E-state index is 0.173. The van der Waals surface area contributed by atoms with Crippen LogP contribution in [0.25, 0.3) is 0 Å². The van der Waals surface area contributed by atoms with Gasteiger partial charge >= 0.3 is 0 Å². The Balaban J connectivity index is 2.00. The summed E-state index contributed by atoms with van der Waals surface area (Å²) in [7, 11) is 0. The van der Waals surface area contributed by atoms with Crippen molar-refractivity contribution >= 4 is 5.91 Å². The molecule has 1 N–H and O–H groups in total. The molecule has 2 aliphatic heterocycles. The molecule has 2 unspecified atom stereocenters. The van der Waals surface area contributed by atoms with Crippen LogP contribution in [-0.4, -0.2) is 36.0 Å². The first-order valence-corrected chi connectivity index (χ1v) is 7.16. The highest BCUT2D eigenvalue weighted by Gasteiger charge is 2.33. The summed E-state index contributed by atoms with van der Waals surface area (Å²) in [6, 6.07) is 0.924. The molecule has 0 aromatic rings. The zero-order valence-electron chi connectivity index (χ0n) is 11.3. The third kappa shape index (κ3) is 3.22. The maximum absolute atomic E-state index is 12.2. The average Bonchev–Trinajstić information content (AvgIpc) is 2.93. The zero-order chi connectivity index (χ0) is 12.8. The summed E-state index contributed by atoms with van der Waals surface area (Å²) >= 11 is 0. The van der Waals surface area contributed by atoms with E-state index >= 15 is 0 Å². The number of hydrogen-bond acceptors (Lipinski definition) is 2. The van der Waals surface area contributed by atoms with Crippen LogP contribution in [0.2, 0.25) is 0 Å². The molecule has 2 saturated heterocycles. The van der Waals surface area contributed by atoms with Gasteiger partial charge in [0.25, 0.3) is 0 Å². The Labute approximate surface area is 110 Å². The number of amides is 1. The third-order valence-electron chi connectivity index (χ3n) is 3.94. The van der Waals surface area contributed by atoms with Gasteiger partial charge < -0.3 is 10.2 Å². The van der Waals surface area contributed by atoms with Gasteiger partial charge in [-0.15, -0.1) is 0 Å². The van der Waals surface area contributed by atoms with Gasteiger partial charge in [0.15, 0.2) is 0 Å². The zero-order valence-corrected chi connectivity index (χ0v) is 11.3. The van der Waals surface area contributed by atoms with Crippen LogP contribution >= 0.6 is 0 Å². The molecule has 0 spiro atoms. The van der Waals surface area contributed by atoms with Gasteiger partial charge in [0.2, 0.25) is 5.91 Å².